The molecule has 8 atom stereocenters. The summed E-state index contributed by atoms with van der Waals surface area (Å²) < 4.78 is 32.7. The van der Waals surface area contributed by atoms with Crippen LogP contribution in [-0.2, 0) is 32.7 Å². The summed E-state index contributed by atoms with van der Waals surface area (Å²) in [5.41, 5.74) is 0. The Labute approximate surface area is 356 Å². The van der Waals surface area contributed by atoms with Crippen LogP contribution in [-0.4, -0.2) is 99.3 Å². The number of aliphatic hydroxyl groups is 5. The molecule has 1 fully saturated rings. The second-order valence-electron chi connectivity index (χ2n) is 16.9. The molecule has 14 heteroatoms. The number of rotatable bonds is 38. The van der Waals surface area contributed by atoms with E-state index in [-0.39, 0.29) is 37.7 Å². The molecule has 0 amide bonds. The van der Waals surface area contributed by atoms with Gasteiger partial charge in [0.1, 0.15) is 12.7 Å². The maximum atomic E-state index is 12.7. The quantitative estimate of drug-likeness (QED) is 0.0149. The van der Waals surface area contributed by atoms with Crippen LogP contribution in [0.25, 0.3) is 0 Å². The van der Waals surface area contributed by atoms with E-state index in [1.54, 1.807) is 6.08 Å². The number of hydrogen-bond acceptors (Lipinski definition) is 12. The Bertz CT molecular complexity index is 1160. The molecule has 346 valence electrons. The van der Waals surface area contributed by atoms with Crippen LogP contribution in [0.5, 0.6) is 0 Å². The topological polar surface area (TPSA) is 210 Å². The lowest BCUT2D eigenvalue weighted by atomic mass is 9.89. The zero-order chi connectivity index (χ0) is 43.7. The van der Waals surface area contributed by atoms with Crippen molar-refractivity contribution < 1.29 is 63.1 Å². The van der Waals surface area contributed by atoms with E-state index in [9.17, 15) is 39.5 Å². The summed E-state index contributed by atoms with van der Waals surface area (Å²) in [4.78, 5) is 35.2. The fourth-order valence-corrected chi connectivity index (χ4v) is 8.02. The second-order valence-corrected chi connectivity index (χ2v) is 18.3. The van der Waals surface area contributed by atoms with Crippen LogP contribution in [0.1, 0.15) is 175 Å². The number of carbonyl (C=O) groups excluding carboxylic acids is 2. The Kier molecular flexibility index (Phi) is 32.7. The number of carbonyl (C=O) groups is 2. The summed E-state index contributed by atoms with van der Waals surface area (Å²) in [5.74, 6) is -0.767. The molecule has 13 nitrogen and oxygen atoms in total. The number of phosphoric ester groups is 1. The number of hydrogen-bond donors (Lipinski definition) is 6. The average molecular weight is 863 g/mol. The van der Waals surface area contributed by atoms with E-state index in [0.717, 1.165) is 44.4 Å². The lowest BCUT2D eigenvalue weighted by molar-refractivity contribution is -0.161. The first-order valence-electron chi connectivity index (χ1n) is 22.9. The van der Waals surface area contributed by atoms with Crippen molar-refractivity contribution >= 4 is 19.8 Å². The van der Waals surface area contributed by atoms with Gasteiger partial charge in [0.05, 0.1) is 38.1 Å². The fraction of sp³-hybridized carbons (Fsp3) is 0.867. The normalized spacial score (nSPS) is 21.0. The van der Waals surface area contributed by atoms with Gasteiger partial charge in [0.25, 0.3) is 0 Å². The molecule has 1 unspecified atom stereocenters. The van der Waals surface area contributed by atoms with Crippen molar-refractivity contribution in [2.24, 2.45) is 17.8 Å². The minimum Gasteiger partial charge on any atom is -0.462 e. The van der Waals surface area contributed by atoms with Gasteiger partial charge in [-0.3, -0.25) is 18.6 Å². The van der Waals surface area contributed by atoms with E-state index in [2.05, 4.69) is 25.3 Å². The van der Waals surface area contributed by atoms with Crippen LogP contribution in [0, 0.1) is 17.8 Å². The van der Waals surface area contributed by atoms with Crippen molar-refractivity contribution in [3.8, 4) is 0 Å². The van der Waals surface area contributed by atoms with Crippen molar-refractivity contribution in [2.45, 2.75) is 205 Å². The zero-order valence-corrected chi connectivity index (χ0v) is 37.6. The van der Waals surface area contributed by atoms with E-state index in [1.807, 2.05) is 18.2 Å². The molecule has 0 aliphatic heterocycles. The van der Waals surface area contributed by atoms with Crippen LogP contribution in [0.3, 0.4) is 0 Å². The van der Waals surface area contributed by atoms with Crippen LogP contribution >= 0.6 is 7.82 Å². The molecule has 59 heavy (non-hydrogen) atoms. The van der Waals surface area contributed by atoms with Crippen LogP contribution < -0.4 is 0 Å². The highest BCUT2D eigenvalue weighted by molar-refractivity contribution is 7.47. The average Bonchev–Trinajstić information content (AvgIpc) is 3.47. The highest BCUT2D eigenvalue weighted by atomic mass is 31.2. The van der Waals surface area contributed by atoms with E-state index >= 15 is 0 Å². The highest BCUT2D eigenvalue weighted by Gasteiger charge is 2.39. The minimum absolute atomic E-state index is 0.00931. The van der Waals surface area contributed by atoms with Gasteiger partial charge in [0.15, 0.2) is 6.10 Å². The number of allylic oxidation sites excluding steroid dienone is 2. The molecule has 1 rings (SSSR count). The Balaban J connectivity index is 2.45. The molecule has 0 aromatic rings. The molecule has 0 heterocycles. The zero-order valence-electron chi connectivity index (χ0n) is 36.7. The Hall–Kier alpha value is -1.67. The van der Waals surface area contributed by atoms with Crippen molar-refractivity contribution in [1.29, 1.82) is 0 Å². The molecule has 1 aliphatic carbocycles. The number of aliphatic hydroxyl groups excluding tert-OH is 5. The van der Waals surface area contributed by atoms with Gasteiger partial charge in [-0.1, -0.05) is 148 Å². The smallest absolute Gasteiger partial charge is 0.462 e. The first-order chi connectivity index (χ1) is 28.3. The molecular formula is C45H83O13P. The molecule has 0 saturated heterocycles. The van der Waals surface area contributed by atoms with Gasteiger partial charge in [-0.2, -0.15) is 0 Å². The summed E-state index contributed by atoms with van der Waals surface area (Å²) in [7, 11) is -4.69. The third-order valence-corrected chi connectivity index (χ3v) is 11.8. The van der Waals surface area contributed by atoms with Crippen LogP contribution in [0.15, 0.2) is 24.3 Å². The summed E-state index contributed by atoms with van der Waals surface area (Å²) in [6, 6.07) is 0. The predicted octanol–water partition coefficient (Wildman–Crippen LogP) is 8.41. The Morgan fingerprint density at radius 2 is 1.31 bits per heavy atom. The third-order valence-electron chi connectivity index (χ3n) is 10.9. The molecule has 0 bridgehead atoms. The Morgan fingerprint density at radius 3 is 1.92 bits per heavy atom. The van der Waals surface area contributed by atoms with Gasteiger partial charge < -0.3 is 39.9 Å². The SMILES string of the molecule is CCCCC[C@H](O)/C=C/[C@@H]1[C@@H](C/C=C/CCCC(=O)O[C@H](COC(=O)CCCCCCCCCCCCCCCC(C)C)COP(=O)(O)OC[C@@H](O)CO)[C@@H](O)C[C@H]1O. The van der Waals surface area contributed by atoms with E-state index in [4.69, 9.17) is 19.1 Å². The number of ether oxygens (including phenoxy) is 2. The first kappa shape index (κ1) is 55.3. The molecule has 0 radical (unpaired) electrons. The van der Waals surface area contributed by atoms with E-state index < -0.39 is 70.1 Å². The molecule has 0 aromatic heterocycles. The molecular weight excluding hydrogens is 779 g/mol. The highest BCUT2D eigenvalue weighted by Crippen LogP contribution is 2.43. The second kappa shape index (κ2) is 34.9. The van der Waals surface area contributed by atoms with Crippen molar-refractivity contribution in [3.05, 3.63) is 24.3 Å². The number of esters is 2. The maximum absolute atomic E-state index is 12.7. The number of phosphoric acid groups is 1. The number of unbranched alkanes of at least 4 members (excludes halogenated alkanes) is 15. The van der Waals surface area contributed by atoms with Gasteiger partial charge >= 0.3 is 19.8 Å². The first-order valence-corrected chi connectivity index (χ1v) is 24.4. The minimum atomic E-state index is -4.69. The third kappa shape index (κ3) is 30.1. The largest absolute Gasteiger partial charge is 0.472 e. The summed E-state index contributed by atoms with van der Waals surface area (Å²) >= 11 is 0. The van der Waals surface area contributed by atoms with Crippen molar-refractivity contribution in [3.63, 3.8) is 0 Å². The van der Waals surface area contributed by atoms with Gasteiger partial charge in [0.2, 0.25) is 0 Å². The Morgan fingerprint density at radius 1 is 0.729 bits per heavy atom. The summed E-state index contributed by atoms with van der Waals surface area (Å²) in [6.45, 7) is 4.33. The fourth-order valence-electron chi connectivity index (χ4n) is 7.23. The standard InChI is InChI=1S/C45H83O13P/c1-4-5-19-25-37(47)29-30-41-40(42(49)31-43(41)50)26-21-17-18-23-28-45(52)58-39(35-57-59(53,54)56-33-38(48)32-46)34-55-44(51)27-22-16-14-12-10-8-6-7-9-11-13-15-20-24-36(2)3/h17,21,29-30,36-43,46-50H,4-16,18-20,22-28,31-35H2,1-3H3,(H,53,54)/b21-17+,30-29+/t37-,38-,39+,40+,41+,42-,43+/m0/s1. The molecule has 0 spiro atoms. The maximum Gasteiger partial charge on any atom is 0.472 e. The van der Waals surface area contributed by atoms with Crippen LogP contribution in [0.2, 0.25) is 0 Å². The van der Waals surface area contributed by atoms with Gasteiger partial charge in [0, 0.05) is 25.2 Å². The van der Waals surface area contributed by atoms with Crippen molar-refractivity contribution in [1.82, 2.24) is 0 Å². The monoisotopic (exact) mass is 863 g/mol. The van der Waals surface area contributed by atoms with Gasteiger partial charge in [-0.15, -0.1) is 0 Å². The lowest BCUT2D eigenvalue weighted by Crippen LogP contribution is -2.29. The molecule has 0 aromatic carbocycles. The van der Waals surface area contributed by atoms with E-state index in [0.29, 0.717) is 32.1 Å². The van der Waals surface area contributed by atoms with Crippen LogP contribution in [0.4, 0.5) is 0 Å². The predicted molar refractivity (Wildman–Crippen MR) is 230 cm³/mol. The molecule has 1 aliphatic rings. The molecule has 6 N–H and O–H groups in total. The summed E-state index contributed by atoms with van der Waals surface area (Å²) in [6.07, 6.45) is 25.3. The van der Waals surface area contributed by atoms with Gasteiger partial charge in [-0.25, -0.2) is 4.57 Å². The summed E-state index contributed by atoms with van der Waals surface area (Å²) in [5, 5.41) is 49.7. The van der Waals surface area contributed by atoms with Gasteiger partial charge in [-0.05, 0) is 43.9 Å². The van der Waals surface area contributed by atoms with Crippen molar-refractivity contribution in [2.75, 3.05) is 26.4 Å². The lowest BCUT2D eigenvalue weighted by Gasteiger charge is -2.20. The van der Waals surface area contributed by atoms with E-state index in [1.165, 1.54) is 64.2 Å². The molecule has 1 saturated carbocycles.